The van der Waals surface area contributed by atoms with E-state index in [4.69, 9.17) is 5.14 Å². The molecule has 0 amide bonds. The molecule has 1 aromatic carbocycles. The number of hydrogen-bond acceptors (Lipinski definition) is 4. The van der Waals surface area contributed by atoms with Gasteiger partial charge >= 0.3 is 0 Å². The smallest absolute Gasteiger partial charge is 0.238 e. The summed E-state index contributed by atoms with van der Waals surface area (Å²) >= 11 is 0. The lowest BCUT2D eigenvalue weighted by Crippen LogP contribution is -2.13. The van der Waals surface area contributed by atoms with E-state index in [1.54, 1.807) is 24.5 Å². The minimum absolute atomic E-state index is 0.0501. The maximum Gasteiger partial charge on any atom is 0.238 e. The van der Waals surface area contributed by atoms with E-state index in [9.17, 15) is 8.42 Å². The first kappa shape index (κ1) is 13.5. The lowest BCUT2D eigenvalue weighted by atomic mass is 10.1. The molecule has 0 saturated heterocycles. The van der Waals surface area contributed by atoms with E-state index >= 15 is 0 Å². The average molecular weight is 277 g/mol. The van der Waals surface area contributed by atoms with Gasteiger partial charge in [-0.2, -0.15) is 0 Å². The van der Waals surface area contributed by atoms with Crippen LogP contribution in [-0.4, -0.2) is 13.4 Å². The summed E-state index contributed by atoms with van der Waals surface area (Å²) in [5, 5.41) is 8.36. The zero-order valence-corrected chi connectivity index (χ0v) is 11.3. The van der Waals surface area contributed by atoms with E-state index in [1.807, 2.05) is 25.1 Å². The molecule has 6 heteroatoms. The SMILES string of the molecule is CC(Nc1cccnc1)c1cccc(S(N)(=O)=O)c1. The summed E-state index contributed by atoms with van der Waals surface area (Å²) in [5.74, 6) is 0. The second kappa shape index (κ2) is 5.38. The van der Waals surface area contributed by atoms with Crippen LogP contribution in [0, 0.1) is 0 Å². The van der Waals surface area contributed by atoms with Crippen LogP contribution >= 0.6 is 0 Å². The average Bonchev–Trinajstić information content (AvgIpc) is 2.39. The lowest BCUT2D eigenvalue weighted by Gasteiger charge is -2.16. The largest absolute Gasteiger partial charge is 0.377 e. The molecule has 2 rings (SSSR count). The van der Waals surface area contributed by atoms with Gasteiger partial charge in [-0.3, -0.25) is 4.98 Å². The third-order valence-electron chi connectivity index (χ3n) is 2.73. The highest BCUT2D eigenvalue weighted by molar-refractivity contribution is 7.89. The number of pyridine rings is 1. The van der Waals surface area contributed by atoms with E-state index in [0.29, 0.717) is 0 Å². The predicted molar refractivity (Wildman–Crippen MR) is 74.1 cm³/mol. The first-order valence-corrected chi connectivity index (χ1v) is 7.31. The summed E-state index contributed by atoms with van der Waals surface area (Å²) in [5.41, 5.74) is 1.71. The summed E-state index contributed by atoms with van der Waals surface area (Å²) in [4.78, 5) is 4.13. The molecular formula is C13H15N3O2S. The van der Waals surface area contributed by atoms with Crippen molar-refractivity contribution in [3.8, 4) is 0 Å². The molecule has 0 aliphatic carbocycles. The summed E-state index contributed by atoms with van der Waals surface area (Å²) < 4.78 is 22.6. The van der Waals surface area contributed by atoms with Crippen LogP contribution < -0.4 is 10.5 Å². The Morgan fingerprint density at radius 1 is 1.26 bits per heavy atom. The Morgan fingerprint density at radius 3 is 2.68 bits per heavy atom. The van der Waals surface area contributed by atoms with Crippen molar-refractivity contribution in [2.75, 3.05) is 5.32 Å². The van der Waals surface area contributed by atoms with Crippen molar-refractivity contribution >= 4 is 15.7 Å². The number of anilines is 1. The Kier molecular flexibility index (Phi) is 3.82. The van der Waals surface area contributed by atoms with Gasteiger partial charge in [-0.25, -0.2) is 13.6 Å². The number of sulfonamides is 1. The highest BCUT2D eigenvalue weighted by Crippen LogP contribution is 2.20. The van der Waals surface area contributed by atoms with Gasteiger partial charge in [0.1, 0.15) is 0 Å². The molecular weight excluding hydrogens is 262 g/mol. The Bertz CT molecular complexity index is 657. The number of benzene rings is 1. The summed E-state index contributed by atoms with van der Waals surface area (Å²) in [6.07, 6.45) is 3.40. The maximum atomic E-state index is 11.3. The fourth-order valence-corrected chi connectivity index (χ4v) is 2.31. The molecule has 3 N–H and O–H groups in total. The Morgan fingerprint density at radius 2 is 2.05 bits per heavy atom. The van der Waals surface area contributed by atoms with Crippen molar-refractivity contribution < 1.29 is 8.42 Å². The van der Waals surface area contributed by atoms with Crippen molar-refractivity contribution in [1.29, 1.82) is 0 Å². The van der Waals surface area contributed by atoms with Gasteiger partial charge in [-0.1, -0.05) is 12.1 Å². The molecule has 2 aromatic rings. The standard InChI is InChI=1S/C13H15N3O2S/c1-10(16-12-5-3-7-15-9-12)11-4-2-6-13(8-11)19(14,17)18/h2-10,16H,1H3,(H2,14,17,18). The molecule has 0 aliphatic heterocycles. The highest BCUT2D eigenvalue weighted by atomic mass is 32.2. The second-order valence-corrected chi connectivity index (χ2v) is 5.79. The monoisotopic (exact) mass is 277 g/mol. The molecule has 5 nitrogen and oxygen atoms in total. The summed E-state index contributed by atoms with van der Waals surface area (Å²) in [6, 6.07) is 10.3. The van der Waals surface area contributed by atoms with Gasteiger partial charge in [0.15, 0.2) is 0 Å². The van der Waals surface area contributed by atoms with Crippen LogP contribution in [0.3, 0.4) is 0 Å². The molecule has 19 heavy (non-hydrogen) atoms. The van der Waals surface area contributed by atoms with Crippen molar-refractivity contribution in [1.82, 2.24) is 4.98 Å². The molecule has 1 unspecified atom stereocenters. The third kappa shape index (κ3) is 3.52. The first-order valence-electron chi connectivity index (χ1n) is 5.76. The topological polar surface area (TPSA) is 85.1 Å². The van der Waals surface area contributed by atoms with Crippen LogP contribution in [0.2, 0.25) is 0 Å². The summed E-state index contributed by atoms with van der Waals surface area (Å²) in [7, 11) is -3.67. The van der Waals surface area contributed by atoms with Gasteiger partial charge in [0.05, 0.1) is 10.6 Å². The molecule has 1 heterocycles. The van der Waals surface area contributed by atoms with Crippen LogP contribution in [0.25, 0.3) is 0 Å². The molecule has 0 aliphatic rings. The van der Waals surface area contributed by atoms with Gasteiger partial charge in [-0.05, 0) is 36.8 Å². The number of nitrogens with one attached hydrogen (secondary N) is 1. The molecule has 0 saturated carbocycles. The van der Waals surface area contributed by atoms with Crippen LogP contribution in [0.4, 0.5) is 5.69 Å². The van der Waals surface area contributed by atoms with Crippen molar-refractivity contribution in [3.63, 3.8) is 0 Å². The molecule has 1 atom stereocenters. The molecule has 0 bridgehead atoms. The minimum atomic E-state index is -3.67. The van der Waals surface area contributed by atoms with E-state index < -0.39 is 10.0 Å². The molecule has 1 aromatic heterocycles. The van der Waals surface area contributed by atoms with Crippen LogP contribution in [0.1, 0.15) is 18.5 Å². The number of hydrogen-bond donors (Lipinski definition) is 2. The quantitative estimate of drug-likeness (QED) is 0.893. The number of nitrogens with zero attached hydrogens (tertiary/aromatic N) is 1. The normalized spacial score (nSPS) is 12.9. The molecule has 100 valence electrons. The Hall–Kier alpha value is -1.92. The van der Waals surface area contributed by atoms with Crippen LogP contribution in [0.15, 0.2) is 53.7 Å². The van der Waals surface area contributed by atoms with Gasteiger partial charge in [-0.15, -0.1) is 0 Å². The third-order valence-corrected chi connectivity index (χ3v) is 3.64. The number of nitrogens with two attached hydrogens (primary N) is 1. The van der Waals surface area contributed by atoms with Crippen LogP contribution in [-0.2, 0) is 10.0 Å². The fraction of sp³-hybridized carbons (Fsp3) is 0.154. The zero-order valence-electron chi connectivity index (χ0n) is 10.4. The van der Waals surface area contributed by atoms with E-state index in [1.165, 1.54) is 6.07 Å². The van der Waals surface area contributed by atoms with E-state index in [0.717, 1.165) is 11.3 Å². The van der Waals surface area contributed by atoms with Crippen LogP contribution in [0.5, 0.6) is 0 Å². The predicted octanol–water partition coefficient (Wildman–Crippen LogP) is 1.90. The highest BCUT2D eigenvalue weighted by Gasteiger charge is 2.11. The lowest BCUT2D eigenvalue weighted by molar-refractivity contribution is 0.597. The maximum absolute atomic E-state index is 11.3. The Balaban J connectivity index is 2.23. The zero-order chi connectivity index (χ0) is 13.9. The van der Waals surface area contributed by atoms with Gasteiger partial charge in [0.25, 0.3) is 0 Å². The number of primary sulfonamides is 1. The van der Waals surface area contributed by atoms with E-state index in [2.05, 4.69) is 10.3 Å². The summed E-state index contributed by atoms with van der Waals surface area (Å²) in [6.45, 7) is 1.94. The second-order valence-electron chi connectivity index (χ2n) is 4.23. The first-order chi connectivity index (χ1) is 8.97. The van der Waals surface area contributed by atoms with Gasteiger partial charge < -0.3 is 5.32 Å². The van der Waals surface area contributed by atoms with E-state index in [-0.39, 0.29) is 10.9 Å². The number of rotatable bonds is 4. The van der Waals surface area contributed by atoms with Gasteiger partial charge in [0, 0.05) is 18.4 Å². The van der Waals surface area contributed by atoms with Crippen molar-refractivity contribution in [3.05, 3.63) is 54.4 Å². The molecule has 0 spiro atoms. The number of aromatic nitrogens is 1. The van der Waals surface area contributed by atoms with Gasteiger partial charge in [0.2, 0.25) is 10.0 Å². The molecule has 0 radical (unpaired) electrons. The fourth-order valence-electron chi connectivity index (χ4n) is 1.74. The van der Waals surface area contributed by atoms with Crippen molar-refractivity contribution in [2.24, 2.45) is 5.14 Å². The minimum Gasteiger partial charge on any atom is -0.377 e. The Labute approximate surface area is 112 Å². The molecule has 0 fully saturated rings. The van der Waals surface area contributed by atoms with Crippen molar-refractivity contribution in [2.45, 2.75) is 17.9 Å².